The molecule has 0 spiro atoms. The standard InChI is InChI=1S/C26H22F2N4O3/c27-14-1-7-23-19(9-14)25-20(26(34)35-23)11-17(31-25)13-29-16-2-4-18(5-3-16)32-22-10-15(28)12-30-21(22)6-8-24(32)33/h1,6-12,16,18,29,31H,2-5,13H2. The van der Waals surface area contributed by atoms with Gasteiger partial charge in [-0.15, -0.1) is 0 Å². The lowest BCUT2D eigenvalue weighted by atomic mass is 9.90. The van der Waals surface area contributed by atoms with E-state index < -0.39 is 17.3 Å². The monoisotopic (exact) mass is 476 g/mol. The first kappa shape index (κ1) is 21.7. The van der Waals surface area contributed by atoms with Gasteiger partial charge in [-0.1, -0.05) is 0 Å². The molecule has 1 fully saturated rings. The van der Waals surface area contributed by atoms with Gasteiger partial charge in [0.25, 0.3) is 5.56 Å². The van der Waals surface area contributed by atoms with E-state index >= 15 is 0 Å². The van der Waals surface area contributed by atoms with E-state index in [1.807, 2.05) is 0 Å². The third-order valence-corrected chi connectivity index (χ3v) is 6.89. The van der Waals surface area contributed by atoms with E-state index in [9.17, 15) is 18.4 Å². The fraction of sp³-hybridized carbons (Fsp3) is 0.269. The van der Waals surface area contributed by atoms with E-state index in [0.717, 1.165) is 37.6 Å². The van der Waals surface area contributed by atoms with Crippen molar-refractivity contribution in [3.05, 3.63) is 86.8 Å². The molecular weight excluding hydrogens is 454 g/mol. The Morgan fingerprint density at radius 1 is 1.00 bits per heavy atom. The van der Waals surface area contributed by atoms with Crippen LogP contribution < -0.4 is 16.5 Å². The Kier molecular flexibility index (Phi) is 5.21. The molecule has 4 aromatic heterocycles. The highest BCUT2D eigenvalue weighted by Gasteiger charge is 2.24. The van der Waals surface area contributed by atoms with Gasteiger partial charge in [-0.3, -0.25) is 9.78 Å². The minimum absolute atomic E-state index is 0.0215. The molecule has 5 aromatic rings. The van der Waals surface area contributed by atoms with Crippen molar-refractivity contribution in [3.63, 3.8) is 0 Å². The number of benzene rings is 1. The van der Waals surface area contributed by atoms with Gasteiger partial charge in [0.15, 0.2) is 0 Å². The van der Waals surface area contributed by atoms with Gasteiger partial charge in [-0.2, -0.15) is 0 Å². The number of pyridine rings is 2. The summed E-state index contributed by atoms with van der Waals surface area (Å²) in [6, 6.07) is 10.5. The Hall–Kier alpha value is -3.85. The van der Waals surface area contributed by atoms with E-state index in [0.29, 0.717) is 39.5 Å². The molecule has 6 rings (SSSR count). The molecule has 2 N–H and O–H groups in total. The molecule has 0 aliphatic heterocycles. The summed E-state index contributed by atoms with van der Waals surface area (Å²) in [6.07, 6.45) is 4.38. The summed E-state index contributed by atoms with van der Waals surface area (Å²) in [5.41, 5.74) is 2.21. The fourth-order valence-electron chi connectivity index (χ4n) is 5.20. The van der Waals surface area contributed by atoms with E-state index in [1.165, 1.54) is 30.3 Å². The minimum Gasteiger partial charge on any atom is -0.422 e. The molecule has 0 amide bonds. The van der Waals surface area contributed by atoms with Crippen LogP contribution >= 0.6 is 0 Å². The molecule has 1 saturated carbocycles. The summed E-state index contributed by atoms with van der Waals surface area (Å²) >= 11 is 0. The maximum atomic E-state index is 13.8. The van der Waals surface area contributed by atoms with Gasteiger partial charge in [0.05, 0.1) is 28.1 Å². The van der Waals surface area contributed by atoms with Crippen LogP contribution in [0.2, 0.25) is 0 Å². The second-order valence-corrected chi connectivity index (χ2v) is 9.10. The molecule has 4 heterocycles. The number of fused-ring (bicyclic) bond motifs is 4. The SMILES string of the molecule is O=c1oc2ccc(F)cc2c2[nH]c(CNC3CCC(n4c(=O)ccc5ncc(F)cc54)CC3)cc12. The first-order chi connectivity index (χ1) is 17.0. The Morgan fingerprint density at radius 3 is 2.66 bits per heavy atom. The molecule has 1 aromatic carbocycles. The molecule has 7 nitrogen and oxygen atoms in total. The number of hydrogen-bond donors (Lipinski definition) is 2. The summed E-state index contributed by atoms with van der Waals surface area (Å²) in [5, 5.41) is 4.43. The van der Waals surface area contributed by atoms with Gasteiger partial charge in [-0.25, -0.2) is 13.6 Å². The minimum atomic E-state index is -0.464. The second-order valence-electron chi connectivity index (χ2n) is 9.10. The molecule has 35 heavy (non-hydrogen) atoms. The summed E-state index contributed by atoms with van der Waals surface area (Å²) in [6.45, 7) is 0.504. The van der Waals surface area contributed by atoms with Crippen molar-refractivity contribution in [3.8, 4) is 0 Å². The molecule has 9 heteroatoms. The zero-order chi connectivity index (χ0) is 24.1. The lowest BCUT2D eigenvalue weighted by Gasteiger charge is -2.31. The van der Waals surface area contributed by atoms with Crippen molar-refractivity contribution in [2.45, 2.75) is 44.3 Å². The molecule has 1 aliphatic rings. The number of aromatic amines is 1. The molecule has 0 bridgehead atoms. The maximum Gasteiger partial charge on any atom is 0.345 e. The van der Waals surface area contributed by atoms with Crippen molar-refractivity contribution in [1.82, 2.24) is 19.9 Å². The summed E-state index contributed by atoms with van der Waals surface area (Å²) in [7, 11) is 0. The summed E-state index contributed by atoms with van der Waals surface area (Å²) in [4.78, 5) is 32.3. The first-order valence-electron chi connectivity index (χ1n) is 11.6. The first-order valence-corrected chi connectivity index (χ1v) is 11.6. The van der Waals surface area contributed by atoms with Crippen LogP contribution in [0.1, 0.15) is 37.4 Å². The van der Waals surface area contributed by atoms with E-state index in [1.54, 1.807) is 16.7 Å². The molecule has 0 radical (unpaired) electrons. The van der Waals surface area contributed by atoms with Gasteiger partial charge < -0.3 is 19.3 Å². The highest BCUT2D eigenvalue weighted by molar-refractivity contribution is 6.02. The predicted octanol–water partition coefficient (Wildman–Crippen LogP) is 4.54. The highest BCUT2D eigenvalue weighted by Crippen LogP contribution is 2.30. The van der Waals surface area contributed by atoms with Crippen molar-refractivity contribution in [2.75, 3.05) is 0 Å². The molecular formula is C26H22F2N4O3. The number of H-pyrrole nitrogens is 1. The Labute approximate surface area is 197 Å². The van der Waals surface area contributed by atoms with Crippen LogP contribution in [0, 0.1) is 11.6 Å². The lowest BCUT2D eigenvalue weighted by Crippen LogP contribution is -2.35. The van der Waals surface area contributed by atoms with Crippen LogP contribution in [-0.2, 0) is 6.54 Å². The van der Waals surface area contributed by atoms with Crippen molar-refractivity contribution >= 4 is 32.9 Å². The van der Waals surface area contributed by atoms with Gasteiger partial charge >= 0.3 is 5.63 Å². The van der Waals surface area contributed by atoms with Gasteiger partial charge in [0.2, 0.25) is 0 Å². The zero-order valence-electron chi connectivity index (χ0n) is 18.7. The van der Waals surface area contributed by atoms with Crippen LogP contribution in [0.15, 0.2) is 62.7 Å². The van der Waals surface area contributed by atoms with Crippen LogP contribution in [-0.4, -0.2) is 20.6 Å². The third kappa shape index (κ3) is 3.91. The van der Waals surface area contributed by atoms with Crippen LogP contribution in [0.4, 0.5) is 8.78 Å². The van der Waals surface area contributed by atoms with Gasteiger partial charge in [0, 0.05) is 41.8 Å². The van der Waals surface area contributed by atoms with E-state index in [2.05, 4.69) is 15.3 Å². The van der Waals surface area contributed by atoms with E-state index in [-0.39, 0.29) is 17.6 Å². The smallest absolute Gasteiger partial charge is 0.345 e. The number of nitrogens with one attached hydrogen (secondary N) is 2. The largest absolute Gasteiger partial charge is 0.422 e. The lowest BCUT2D eigenvalue weighted by molar-refractivity contribution is 0.290. The molecule has 0 atom stereocenters. The van der Waals surface area contributed by atoms with Gasteiger partial charge in [0.1, 0.15) is 17.2 Å². The number of hydrogen-bond acceptors (Lipinski definition) is 5. The van der Waals surface area contributed by atoms with Crippen LogP contribution in [0.5, 0.6) is 0 Å². The zero-order valence-corrected chi connectivity index (χ0v) is 18.7. The molecule has 178 valence electrons. The highest BCUT2D eigenvalue weighted by atomic mass is 19.1. The molecule has 0 unspecified atom stereocenters. The molecule has 0 saturated heterocycles. The Morgan fingerprint density at radius 2 is 1.83 bits per heavy atom. The average Bonchev–Trinajstić information content (AvgIpc) is 3.29. The van der Waals surface area contributed by atoms with E-state index in [4.69, 9.17) is 4.42 Å². The molecule has 1 aliphatic carbocycles. The van der Waals surface area contributed by atoms with Crippen LogP contribution in [0.25, 0.3) is 32.9 Å². The summed E-state index contributed by atoms with van der Waals surface area (Å²) in [5.74, 6) is -0.863. The summed E-state index contributed by atoms with van der Waals surface area (Å²) < 4.78 is 34.6. The predicted molar refractivity (Wildman–Crippen MR) is 128 cm³/mol. The van der Waals surface area contributed by atoms with Crippen molar-refractivity contribution in [2.24, 2.45) is 0 Å². The number of rotatable bonds is 4. The third-order valence-electron chi connectivity index (χ3n) is 6.89. The maximum absolute atomic E-state index is 13.8. The topological polar surface area (TPSA) is 92.9 Å². The normalized spacial score (nSPS) is 18.6. The number of halogens is 2. The van der Waals surface area contributed by atoms with Gasteiger partial charge in [-0.05, 0) is 56.0 Å². The number of aromatic nitrogens is 3. The Balaban J connectivity index is 1.18. The quantitative estimate of drug-likeness (QED) is 0.372. The van der Waals surface area contributed by atoms with Crippen molar-refractivity contribution in [1.29, 1.82) is 0 Å². The number of nitrogens with zero attached hydrogens (tertiary/aromatic N) is 2. The van der Waals surface area contributed by atoms with Crippen LogP contribution in [0.3, 0.4) is 0 Å². The average molecular weight is 476 g/mol. The second kappa shape index (κ2) is 8.42. The fourth-order valence-corrected chi connectivity index (χ4v) is 5.20. The van der Waals surface area contributed by atoms with Crippen molar-refractivity contribution < 1.29 is 13.2 Å². The Bertz CT molecular complexity index is 1700.